The molecule has 108 valence electrons. The molecule has 0 spiro atoms. The summed E-state index contributed by atoms with van der Waals surface area (Å²) in [6.07, 6.45) is 2.42. The van der Waals surface area contributed by atoms with Crippen molar-refractivity contribution in [2.24, 2.45) is 11.8 Å². The highest BCUT2D eigenvalue weighted by molar-refractivity contribution is 5.83. The van der Waals surface area contributed by atoms with Gasteiger partial charge in [0, 0.05) is 31.1 Å². The minimum Gasteiger partial charge on any atom is -0.469 e. The summed E-state index contributed by atoms with van der Waals surface area (Å²) in [5.41, 5.74) is 2.19. The molecule has 1 amide bonds. The van der Waals surface area contributed by atoms with E-state index in [1.54, 1.807) is 4.90 Å². The molecule has 1 saturated heterocycles. The second kappa shape index (κ2) is 4.92. The minimum atomic E-state index is -0.218. The van der Waals surface area contributed by atoms with Crippen LogP contribution in [0, 0.1) is 18.8 Å². The van der Waals surface area contributed by atoms with Gasteiger partial charge in [-0.25, -0.2) is 4.98 Å². The van der Waals surface area contributed by atoms with E-state index in [1.165, 1.54) is 7.11 Å². The fraction of sp³-hybridized carbons (Fsp3) is 0.643. The summed E-state index contributed by atoms with van der Waals surface area (Å²) < 4.78 is 4.69. The maximum atomic E-state index is 12.4. The number of carbonyl (C=O) groups is 2. The van der Waals surface area contributed by atoms with Gasteiger partial charge in [-0.3, -0.25) is 9.59 Å². The number of nitrogens with zero attached hydrogens (tertiary/aromatic N) is 2. The number of hydrogen-bond acceptors (Lipinski definition) is 4. The maximum Gasteiger partial charge on any atom is 0.312 e. The van der Waals surface area contributed by atoms with E-state index in [1.807, 2.05) is 6.92 Å². The van der Waals surface area contributed by atoms with Crippen LogP contribution in [0.3, 0.4) is 0 Å². The molecule has 0 radical (unpaired) electrons. The van der Waals surface area contributed by atoms with Crippen molar-refractivity contribution in [3.8, 4) is 0 Å². The number of likely N-dealkylation sites (tertiary alicyclic amines) is 1. The van der Waals surface area contributed by atoms with Crippen molar-refractivity contribution in [2.75, 3.05) is 20.2 Å². The lowest BCUT2D eigenvalue weighted by Crippen LogP contribution is -2.55. The molecule has 1 aliphatic carbocycles. The lowest BCUT2D eigenvalue weighted by atomic mass is 9.87. The first-order valence-electron chi connectivity index (χ1n) is 6.99. The van der Waals surface area contributed by atoms with Crippen LogP contribution in [-0.2, 0) is 27.2 Å². The van der Waals surface area contributed by atoms with Gasteiger partial charge < -0.3 is 14.6 Å². The van der Waals surface area contributed by atoms with Gasteiger partial charge in [-0.2, -0.15) is 0 Å². The average Bonchev–Trinajstić information content (AvgIpc) is 2.75. The van der Waals surface area contributed by atoms with Crippen LogP contribution in [0.1, 0.15) is 23.6 Å². The van der Waals surface area contributed by atoms with E-state index in [0.717, 1.165) is 36.5 Å². The molecule has 20 heavy (non-hydrogen) atoms. The van der Waals surface area contributed by atoms with Crippen LogP contribution < -0.4 is 0 Å². The zero-order chi connectivity index (χ0) is 14.3. The van der Waals surface area contributed by atoms with Gasteiger partial charge in [0.05, 0.1) is 18.7 Å². The maximum absolute atomic E-state index is 12.4. The van der Waals surface area contributed by atoms with E-state index >= 15 is 0 Å². The standard InChI is InChI=1S/C14H19N3O3/c1-8-15-11-4-3-9(5-12(11)16-8)13(18)17-6-10(7-17)14(19)20-2/h9-10H,3-7H2,1-2H3,(H,15,16). The molecule has 1 aromatic heterocycles. The van der Waals surface area contributed by atoms with Crippen LogP contribution in [0.2, 0.25) is 0 Å². The molecule has 2 aliphatic rings. The summed E-state index contributed by atoms with van der Waals surface area (Å²) in [6.45, 7) is 2.93. The zero-order valence-corrected chi connectivity index (χ0v) is 11.8. The van der Waals surface area contributed by atoms with E-state index in [4.69, 9.17) is 0 Å². The third kappa shape index (κ3) is 2.19. The number of ether oxygens (including phenoxy) is 1. The Morgan fingerprint density at radius 3 is 2.80 bits per heavy atom. The Morgan fingerprint density at radius 1 is 1.35 bits per heavy atom. The predicted molar refractivity (Wildman–Crippen MR) is 70.9 cm³/mol. The molecule has 1 N–H and O–H groups in total. The molecule has 0 bridgehead atoms. The number of esters is 1. The topological polar surface area (TPSA) is 75.3 Å². The van der Waals surface area contributed by atoms with E-state index in [-0.39, 0.29) is 23.7 Å². The Balaban J connectivity index is 1.59. The number of hydrogen-bond donors (Lipinski definition) is 1. The van der Waals surface area contributed by atoms with Crippen molar-refractivity contribution in [1.29, 1.82) is 0 Å². The quantitative estimate of drug-likeness (QED) is 0.797. The highest BCUT2D eigenvalue weighted by Crippen LogP contribution is 2.28. The predicted octanol–water partition coefficient (Wildman–Crippen LogP) is 0.454. The third-order valence-electron chi connectivity index (χ3n) is 4.24. The Kier molecular flexibility index (Phi) is 3.23. The summed E-state index contributed by atoms with van der Waals surface area (Å²) in [4.78, 5) is 33.2. The number of imidazole rings is 1. The molecule has 2 heterocycles. The van der Waals surface area contributed by atoms with Crippen molar-refractivity contribution in [1.82, 2.24) is 14.9 Å². The van der Waals surface area contributed by atoms with Crippen LogP contribution in [0.15, 0.2) is 0 Å². The normalized spacial score (nSPS) is 22.1. The zero-order valence-electron chi connectivity index (χ0n) is 11.8. The molecule has 1 atom stereocenters. The Morgan fingerprint density at radius 2 is 2.10 bits per heavy atom. The van der Waals surface area contributed by atoms with Crippen LogP contribution in [-0.4, -0.2) is 46.9 Å². The van der Waals surface area contributed by atoms with Gasteiger partial charge in [-0.05, 0) is 19.8 Å². The van der Waals surface area contributed by atoms with Gasteiger partial charge in [0.2, 0.25) is 5.91 Å². The van der Waals surface area contributed by atoms with Crippen molar-refractivity contribution < 1.29 is 14.3 Å². The van der Waals surface area contributed by atoms with Crippen LogP contribution in [0.25, 0.3) is 0 Å². The highest BCUT2D eigenvalue weighted by atomic mass is 16.5. The number of rotatable bonds is 2. The average molecular weight is 277 g/mol. The van der Waals surface area contributed by atoms with E-state index < -0.39 is 0 Å². The number of amides is 1. The van der Waals surface area contributed by atoms with Crippen molar-refractivity contribution >= 4 is 11.9 Å². The first kappa shape index (κ1) is 13.1. The SMILES string of the molecule is COC(=O)C1CN(C(=O)C2CCc3nc(C)[nH]c3C2)C1. The van der Waals surface area contributed by atoms with Crippen molar-refractivity contribution in [3.63, 3.8) is 0 Å². The summed E-state index contributed by atoms with van der Waals surface area (Å²) in [5.74, 6) is 0.725. The van der Waals surface area contributed by atoms with E-state index in [0.29, 0.717) is 13.1 Å². The van der Waals surface area contributed by atoms with E-state index in [2.05, 4.69) is 14.7 Å². The fourth-order valence-corrected chi connectivity index (χ4v) is 3.07. The van der Waals surface area contributed by atoms with Crippen molar-refractivity contribution in [3.05, 3.63) is 17.2 Å². The first-order valence-corrected chi connectivity index (χ1v) is 6.99. The molecule has 0 aromatic carbocycles. The number of carbonyl (C=O) groups excluding carboxylic acids is 2. The highest BCUT2D eigenvalue weighted by Gasteiger charge is 2.39. The van der Waals surface area contributed by atoms with Gasteiger partial charge in [0.15, 0.2) is 0 Å². The first-order chi connectivity index (χ1) is 9.58. The fourth-order valence-electron chi connectivity index (χ4n) is 3.07. The molecular weight excluding hydrogens is 258 g/mol. The summed E-state index contributed by atoms with van der Waals surface area (Å²) in [5, 5.41) is 0. The van der Waals surface area contributed by atoms with Gasteiger partial charge in [-0.15, -0.1) is 0 Å². The third-order valence-corrected chi connectivity index (χ3v) is 4.24. The van der Waals surface area contributed by atoms with Crippen LogP contribution >= 0.6 is 0 Å². The second-order valence-corrected chi connectivity index (χ2v) is 5.65. The van der Waals surface area contributed by atoms with Gasteiger partial charge in [0.25, 0.3) is 0 Å². The van der Waals surface area contributed by atoms with Crippen LogP contribution in [0.4, 0.5) is 0 Å². The molecule has 1 aliphatic heterocycles. The second-order valence-electron chi connectivity index (χ2n) is 5.65. The largest absolute Gasteiger partial charge is 0.469 e. The molecular formula is C14H19N3O3. The Labute approximate surface area is 117 Å². The summed E-state index contributed by atoms with van der Waals surface area (Å²) >= 11 is 0. The monoisotopic (exact) mass is 277 g/mol. The lowest BCUT2D eigenvalue weighted by Gasteiger charge is -2.39. The minimum absolute atomic E-state index is 0.0148. The Hall–Kier alpha value is -1.85. The number of methoxy groups -OCH3 is 1. The molecule has 1 unspecified atom stereocenters. The number of nitrogens with one attached hydrogen (secondary N) is 1. The molecule has 0 saturated carbocycles. The number of aromatic amines is 1. The lowest BCUT2D eigenvalue weighted by molar-refractivity contribution is -0.157. The van der Waals surface area contributed by atoms with Gasteiger partial charge in [0.1, 0.15) is 5.82 Å². The molecule has 1 aromatic rings. The smallest absolute Gasteiger partial charge is 0.312 e. The summed E-state index contributed by atoms with van der Waals surface area (Å²) in [7, 11) is 1.38. The molecule has 6 heteroatoms. The van der Waals surface area contributed by atoms with Gasteiger partial charge in [-0.1, -0.05) is 0 Å². The number of aryl methyl sites for hydroxylation is 2. The Bertz CT molecular complexity index is 546. The summed E-state index contributed by atoms with van der Waals surface area (Å²) in [6, 6.07) is 0. The van der Waals surface area contributed by atoms with Crippen molar-refractivity contribution in [2.45, 2.75) is 26.2 Å². The van der Waals surface area contributed by atoms with Gasteiger partial charge >= 0.3 is 5.97 Å². The molecule has 3 rings (SSSR count). The van der Waals surface area contributed by atoms with E-state index in [9.17, 15) is 9.59 Å². The number of aromatic nitrogens is 2. The molecule has 6 nitrogen and oxygen atoms in total. The van der Waals surface area contributed by atoms with Crippen LogP contribution in [0.5, 0.6) is 0 Å². The molecule has 1 fully saturated rings. The number of H-pyrrole nitrogens is 1. The number of fused-ring (bicyclic) bond motifs is 1.